The third-order valence-corrected chi connectivity index (χ3v) is 7.11. The Kier molecular flexibility index (Phi) is 6.58. The number of hydrogen-bond donors (Lipinski definition) is 2. The number of amides is 2. The van der Waals surface area contributed by atoms with Crippen LogP contribution in [0, 0.1) is 0 Å². The van der Waals surface area contributed by atoms with Crippen molar-refractivity contribution in [1.82, 2.24) is 9.62 Å². The van der Waals surface area contributed by atoms with Crippen LogP contribution in [-0.2, 0) is 14.8 Å². The van der Waals surface area contributed by atoms with Crippen molar-refractivity contribution in [2.75, 3.05) is 6.54 Å². The molecule has 2 amide bonds. The van der Waals surface area contributed by atoms with Gasteiger partial charge < -0.3 is 5.11 Å². The summed E-state index contributed by atoms with van der Waals surface area (Å²) in [4.78, 5) is 37.6. The molecule has 0 spiro atoms. The Morgan fingerprint density at radius 2 is 1.35 bits per heavy atom. The molecule has 8 nitrogen and oxygen atoms in total. The van der Waals surface area contributed by atoms with E-state index in [0.717, 1.165) is 16.0 Å². The van der Waals surface area contributed by atoms with Crippen LogP contribution in [0.5, 0.6) is 0 Å². The number of carboxylic acid groups (broad SMARTS) is 1. The minimum Gasteiger partial charge on any atom is -0.480 e. The number of carbonyl (C=O) groups is 3. The van der Waals surface area contributed by atoms with Gasteiger partial charge in [0.1, 0.15) is 6.04 Å². The molecule has 1 aliphatic heterocycles. The largest absolute Gasteiger partial charge is 0.480 e. The second-order valence-corrected chi connectivity index (χ2v) is 9.57. The number of carbonyl (C=O) groups excluding carboxylic acids is 2. The molecule has 0 saturated carbocycles. The summed E-state index contributed by atoms with van der Waals surface area (Å²) in [5.41, 5.74) is 2.37. The van der Waals surface area contributed by atoms with Crippen molar-refractivity contribution < 1.29 is 27.9 Å². The maximum atomic E-state index is 12.8. The number of imide groups is 1. The van der Waals surface area contributed by atoms with E-state index in [9.17, 15) is 27.9 Å². The van der Waals surface area contributed by atoms with Gasteiger partial charge >= 0.3 is 5.97 Å². The zero-order valence-electron chi connectivity index (χ0n) is 18.0. The number of benzene rings is 3. The van der Waals surface area contributed by atoms with E-state index in [-0.39, 0.29) is 24.3 Å². The standard InChI is InChI=1S/C25H22N2O6S/c28-23-20-9-4-5-10-21(20)24(29)27(23)16-6-11-22(25(30)31)26-34(32,33)19-14-12-18(13-15-19)17-7-2-1-3-8-17/h1-5,7-10,12-15,22,26H,6,11,16H2,(H,30,31). The Morgan fingerprint density at radius 1 is 0.824 bits per heavy atom. The number of carboxylic acids is 1. The Morgan fingerprint density at radius 3 is 1.91 bits per heavy atom. The summed E-state index contributed by atoms with van der Waals surface area (Å²) in [6.07, 6.45) is 0.0297. The highest BCUT2D eigenvalue weighted by molar-refractivity contribution is 7.89. The fourth-order valence-electron chi connectivity index (χ4n) is 3.84. The maximum absolute atomic E-state index is 12.8. The molecule has 3 aromatic rings. The molecule has 2 N–H and O–H groups in total. The molecule has 0 aromatic heterocycles. The number of nitrogens with one attached hydrogen (secondary N) is 1. The fourth-order valence-corrected chi connectivity index (χ4v) is 5.06. The van der Waals surface area contributed by atoms with E-state index in [4.69, 9.17) is 0 Å². The van der Waals surface area contributed by atoms with E-state index in [1.165, 1.54) is 12.1 Å². The Balaban J connectivity index is 1.40. The molecular weight excluding hydrogens is 456 g/mol. The first kappa shape index (κ1) is 23.3. The summed E-state index contributed by atoms with van der Waals surface area (Å²) >= 11 is 0. The summed E-state index contributed by atoms with van der Waals surface area (Å²) in [5, 5.41) is 9.54. The average molecular weight is 479 g/mol. The van der Waals surface area contributed by atoms with Gasteiger partial charge in [0, 0.05) is 6.54 Å². The molecule has 0 radical (unpaired) electrons. The lowest BCUT2D eigenvalue weighted by Gasteiger charge is -2.17. The van der Waals surface area contributed by atoms with Gasteiger partial charge in [-0.3, -0.25) is 19.3 Å². The average Bonchev–Trinajstić information content (AvgIpc) is 3.09. The number of aliphatic carboxylic acids is 1. The van der Waals surface area contributed by atoms with Gasteiger partial charge in [-0.2, -0.15) is 4.72 Å². The summed E-state index contributed by atoms with van der Waals surface area (Å²) in [6, 6.07) is 20.6. The monoisotopic (exact) mass is 478 g/mol. The van der Waals surface area contributed by atoms with Gasteiger partial charge in [-0.05, 0) is 48.2 Å². The first-order valence-electron chi connectivity index (χ1n) is 10.6. The van der Waals surface area contributed by atoms with Crippen LogP contribution in [0.25, 0.3) is 11.1 Å². The van der Waals surface area contributed by atoms with E-state index in [2.05, 4.69) is 4.72 Å². The molecule has 174 valence electrons. The third kappa shape index (κ3) is 4.75. The highest BCUT2D eigenvalue weighted by Crippen LogP contribution is 2.24. The van der Waals surface area contributed by atoms with Crippen LogP contribution in [0.3, 0.4) is 0 Å². The number of fused-ring (bicyclic) bond motifs is 1. The number of nitrogens with zero attached hydrogens (tertiary/aromatic N) is 1. The first-order valence-corrected chi connectivity index (χ1v) is 12.1. The SMILES string of the molecule is O=C(O)C(CCCN1C(=O)c2ccccc2C1=O)NS(=O)(=O)c1ccc(-c2ccccc2)cc1. The molecule has 0 fully saturated rings. The number of hydrogen-bond acceptors (Lipinski definition) is 5. The fraction of sp³-hybridized carbons (Fsp3) is 0.160. The molecule has 1 heterocycles. The van der Waals surface area contributed by atoms with Gasteiger partial charge in [-0.25, -0.2) is 8.42 Å². The lowest BCUT2D eigenvalue weighted by atomic mass is 10.1. The second-order valence-electron chi connectivity index (χ2n) is 7.85. The van der Waals surface area contributed by atoms with Crippen LogP contribution >= 0.6 is 0 Å². The van der Waals surface area contributed by atoms with Crippen LogP contribution in [-0.4, -0.2) is 48.8 Å². The van der Waals surface area contributed by atoms with Gasteiger partial charge in [0.15, 0.2) is 0 Å². The van der Waals surface area contributed by atoms with Gasteiger partial charge in [0.25, 0.3) is 11.8 Å². The molecule has 0 aliphatic carbocycles. The molecule has 0 bridgehead atoms. The van der Waals surface area contributed by atoms with Crippen molar-refractivity contribution in [2.45, 2.75) is 23.8 Å². The Bertz CT molecular complexity index is 1300. The minimum atomic E-state index is -4.10. The summed E-state index contributed by atoms with van der Waals surface area (Å²) in [7, 11) is -4.10. The summed E-state index contributed by atoms with van der Waals surface area (Å²) < 4.78 is 27.8. The van der Waals surface area contributed by atoms with Crippen molar-refractivity contribution in [3.05, 3.63) is 90.0 Å². The highest BCUT2D eigenvalue weighted by Gasteiger charge is 2.35. The van der Waals surface area contributed by atoms with Crippen molar-refractivity contribution in [1.29, 1.82) is 0 Å². The predicted molar refractivity (Wildman–Crippen MR) is 125 cm³/mol. The van der Waals surface area contributed by atoms with Gasteiger partial charge in [0.05, 0.1) is 16.0 Å². The number of sulfonamides is 1. The van der Waals surface area contributed by atoms with E-state index < -0.39 is 33.8 Å². The van der Waals surface area contributed by atoms with Gasteiger partial charge in [-0.15, -0.1) is 0 Å². The summed E-state index contributed by atoms with van der Waals surface area (Å²) in [5.74, 6) is -2.22. The minimum absolute atomic E-state index is 0.0103. The van der Waals surface area contributed by atoms with Crippen LogP contribution in [0.4, 0.5) is 0 Å². The molecule has 3 aromatic carbocycles. The molecule has 4 rings (SSSR count). The highest BCUT2D eigenvalue weighted by atomic mass is 32.2. The molecule has 1 atom stereocenters. The van der Waals surface area contributed by atoms with Crippen molar-refractivity contribution >= 4 is 27.8 Å². The van der Waals surface area contributed by atoms with Gasteiger partial charge in [-0.1, -0.05) is 54.6 Å². The molecule has 1 unspecified atom stereocenters. The van der Waals surface area contributed by atoms with Crippen LogP contribution < -0.4 is 4.72 Å². The van der Waals surface area contributed by atoms with Crippen LogP contribution in [0.1, 0.15) is 33.6 Å². The van der Waals surface area contributed by atoms with E-state index >= 15 is 0 Å². The quantitative estimate of drug-likeness (QED) is 0.456. The molecular formula is C25H22N2O6S. The van der Waals surface area contributed by atoms with Crippen LogP contribution in [0.15, 0.2) is 83.8 Å². The Hall–Kier alpha value is -3.82. The van der Waals surface area contributed by atoms with E-state index in [1.54, 1.807) is 36.4 Å². The van der Waals surface area contributed by atoms with Crippen molar-refractivity contribution in [3.8, 4) is 11.1 Å². The first-order chi connectivity index (χ1) is 16.3. The molecule has 1 aliphatic rings. The van der Waals surface area contributed by atoms with Crippen molar-refractivity contribution in [3.63, 3.8) is 0 Å². The second kappa shape index (κ2) is 9.58. The summed E-state index contributed by atoms with van der Waals surface area (Å²) in [6.45, 7) is -0.0103. The lowest BCUT2D eigenvalue weighted by molar-refractivity contribution is -0.139. The normalized spacial score (nSPS) is 14.2. The van der Waals surface area contributed by atoms with E-state index in [1.807, 2.05) is 30.3 Å². The van der Waals surface area contributed by atoms with Gasteiger partial charge in [0.2, 0.25) is 10.0 Å². The van der Waals surface area contributed by atoms with Crippen molar-refractivity contribution in [2.24, 2.45) is 0 Å². The maximum Gasteiger partial charge on any atom is 0.321 e. The Labute approximate surface area is 196 Å². The molecule has 9 heteroatoms. The molecule has 34 heavy (non-hydrogen) atoms. The predicted octanol–water partition coefficient (Wildman–Crippen LogP) is 3.16. The number of rotatable bonds is 9. The zero-order chi connectivity index (χ0) is 24.3. The topological polar surface area (TPSA) is 121 Å². The molecule has 0 saturated heterocycles. The smallest absolute Gasteiger partial charge is 0.321 e. The third-order valence-electron chi connectivity index (χ3n) is 5.62. The van der Waals surface area contributed by atoms with E-state index in [0.29, 0.717) is 11.1 Å². The van der Waals surface area contributed by atoms with Crippen LogP contribution in [0.2, 0.25) is 0 Å². The lowest BCUT2D eigenvalue weighted by Crippen LogP contribution is -2.41. The zero-order valence-corrected chi connectivity index (χ0v) is 18.9.